The van der Waals surface area contributed by atoms with Gasteiger partial charge in [-0.05, 0) is 48.6 Å². The van der Waals surface area contributed by atoms with Gasteiger partial charge in [0, 0.05) is 29.6 Å². The Balaban J connectivity index is 1.35. The van der Waals surface area contributed by atoms with Gasteiger partial charge >= 0.3 is 6.01 Å². The van der Waals surface area contributed by atoms with Crippen molar-refractivity contribution in [3.63, 3.8) is 0 Å². The fourth-order valence-electron chi connectivity index (χ4n) is 3.09. The minimum Gasteiger partial charge on any atom is -0.403 e. The van der Waals surface area contributed by atoms with E-state index >= 15 is 0 Å². The van der Waals surface area contributed by atoms with Crippen LogP contribution in [0, 0.1) is 5.92 Å². The van der Waals surface area contributed by atoms with Gasteiger partial charge in [0.1, 0.15) is 4.21 Å². The second-order valence-corrected chi connectivity index (χ2v) is 10.1. The Labute approximate surface area is 176 Å². The van der Waals surface area contributed by atoms with Crippen LogP contribution in [0.1, 0.15) is 12.8 Å². The number of aromatic nitrogens is 2. The Morgan fingerprint density at radius 1 is 1.17 bits per heavy atom. The molecular weight excluding hydrogens is 436 g/mol. The molecule has 0 aliphatic carbocycles. The van der Waals surface area contributed by atoms with Crippen LogP contribution in [0.4, 0.5) is 6.01 Å². The predicted molar refractivity (Wildman–Crippen MR) is 109 cm³/mol. The summed E-state index contributed by atoms with van der Waals surface area (Å²) >= 11 is 7.05. The first-order valence-electron chi connectivity index (χ1n) is 8.87. The van der Waals surface area contributed by atoms with E-state index in [0.29, 0.717) is 27.6 Å². The summed E-state index contributed by atoms with van der Waals surface area (Å²) in [5.41, 5.74) is 0.689. The van der Waals surface area contributed by atoms with Gasteiger partial charge in [-0.3, -0.25) is 10.1 Å². The lowest BCUT2D eigenvalue weighted by Crippen LogP contribution is -2.41. The van der Waals surface area contributed by atoms with E-state index in [2.05, 4.69) is 15.5 Å². The van der Waals surface area contributed by atoms with E-state index in [4.69, 9.17) is 16.0 Å². The molecule has 3 heterocycles. The number of sulfonamides is 1. The second-order valence-electron chi connectivity index (χ2n) is 6.52. The number of halogens is 1. The lowest BCUT2D eigenvalue weighted by atomic mass is 9.97. The number of benzene rings is 1. The first kappa shape index (κ1) is 20.0. The van der Waals surface area contributed by atoms with Gasteiger partial charge in [-0.25, -0.2) is 8.42 Å². The SMILES string of the molecule is O=C(Nc1nnc(-c2ccc(Cl)cc2)o1)C1CCN(S(=O)(=O)c2cccs2)CC1. The molecule has 0 unspecified atom stereocenters. The van der Waals surface area contributed by atoms with Crippen molar-refractivity contribution in [1.29, 1.82) is 0 Å². The third kappa shape index (κ3) is 4.35. The number of nitrogens with one attached hydrogen (secondary N) is 1. The Bertz CT molecular complexity index is 1090. The van der Waals surface area contributed by atoms with Crippen molar-refractivity contribution in [1.82, 2.24) is 14.5 Å². The maximum Gasteiger partial charge on any atom is 0.322 e. The first-order chi connectivity index (χ1) is 13.9. The minimum absolute atomic E-state index is 0.00795. The summed E-state index contributed by atoms with van der Waals surface area (Å²) < 4.78 is 32.4. The zero-order chi connectivity index (χ0) is 20.4. The number of amides is 1. The van der Waals surface area contributed by atoms with Crippen LogP contribution in [0.2, 0.25) is 5.02 Å². The quantitative estimate of drug-likeness (QED) is 0.635. The number of anilines is 1. The lowest BCUT2D eigenvalue weighted by Gasteiger charge is -2.29. The molecule has 11 heteroatoms. The van der Waals surface area contributed by atoms with E-state index in [-0.39, 0.29) is 36.8 Å². The average molecular weight is 453 g/mol. The van der Waals surface area contributed by atoms with Gasteiger partial charge in [0.25, 0.3) is 10.0 Å². The van der Waals surface area contributed by atoms with E-state index in [1.165, 1.54) is 15.6 Å². The molecule has 0 saturated carbocycles. The number of rotatable bonds is 5. The van der Waals surface area contributed by atoms with Gasteiger partial charge in [0.05, 0.1) is 0 Å². The number of nitrogens with zero attached hydrogens (tertiary/aromatic N) is 3. The van der Waals surface area contributed by atoms with Crippen molar-refractivity contribution >= 4 is 44.9 Å². The molecule has 152 valence electrons. The van der Waals surface area contributed by atoms with Crippen LogP contribution in [0.5, 0.6) is 0 Å². The van der Waals surface area contributed by atoms with Gasteiger partial charge in [-0.1, -0.05) is 22.8 Å². The molecule has 1 aliphatic heterocycles. The predicted octanol–water partition coefficient (Wildman–Crippen LogP) is 3.49. The zero-order valence-corrected chi connectivity index (χ0v) is 17.5. The van der Waals surface area contributed by atoms with Gasteiger partial charge in [0.15, 0.2) is 0 Å². The molecule has 0 radical (unpaired) electrons. The van der Waals surface area contributed by atoms with Crippen molar-refractivity contribution in [3.8, 4) is 11.5 Å². The highest BCUT2D eigenvalue weighted by atomic mass is 35.5. The Morgan fingerprint density at radius 2 is 1.90 bits per heavy atom. The van der Waals surface area contributed by atoms with Crippen molar-refractivity contribution in [2.75, 3.05) is 18.4 Å². The lowest BCUT2D eigenvalue weighted by molar-refractivity contribution is -0.121. The molecule has 0 bridgehead atoms. The number of carbonyl (C=O) groups excluding carboxylic acids is 1. The van der Waals surface area contributed by atoms with Gasteiger partial charge < -0.3 is 4.42 Å². The molecule has 1 N–H and O–H groups in total. The van der Waals surface area contributed by atoms with Gasteiger partial charge in [-0.2, -0.15) is 4.31 Å². The summed E-state index contributed by atoms with van der Waals surface area (Å²) in [5.74, 6) is -0.311. The number of carbonyl (C=O) groups is 1. The smallest absolute Gasteiger partial charge is 0.322 e. The van der Waals surface area contributed by atoms with Crippen LogP contribution >= 0.6 is 22.9 Å². The molecule has 1 fully saturated rings. The normalized spacial score (nSPS) is 16.0. The zero-order valence-electron chi connectivity index (χ0n) is 15.1. The summed E-state index contributed by atoms with van der Waals surface area (Å²) in [6.45, 7) is 0.580. The van der Waals surface area contributed by atoms with Crippen LogP contribution in [0.3, 0.4) is 0 Å². The summed E-state index contributed by atoms with van der Waals surface area (Å²) in [6, 6.07) is 10.2. The third-order valence-corrected chi connectivity index (χ3v) is 8.18. The highest BCUT2D eigenvalue weighted by molar-refractivity contribution is 7.91. The van der Waals surface area contributed by atoms with Crippen molar-refractivity contribution in [3.05, 3.63) is 46.8 Å². The van der Waals surface area contributed by atoms with Crippen LogP contribution in [0.25, 0.3) is 11.5 Å². The summed E-state index contributed by atoms with van der Waals surface area (Å²) in [5, 5.41) is 12.7. The summed E-state index contributed by atoms with van der Waals surface area (Å²) in [6.07, 6.45) is 0.850. The topological polar surface area (TPSA) is 105 Å². The first-order valence-corrected chi connectivity index (χ1v) is 11.6. The molecule has 4 rings (SSSR count). The Hall–Kier alpha value is -2.27. The fraction of sp³-hybridized carbons (Fsp3) is 0.278. The monoisotopic (exact) mass is 452 g/mol. The van der Waals surface area contributed by atoms with E-state index < -0.39 is 10.0 Å². The standard InChI is InChI=1S/C18H17ClN4O4S2/c19-14-5-3-13(4-6-14)17-21-22-18(27-17)20-16(24)12-7-9-23(10-8-12)29(25,26)15-2-1-11-28-15/h1-6,11-12H,7-10H2,(H,20,22,24). The summed E-state index contributed by atoms with van der Waals surface area (Å²) in [4.78, 5) is 12.5. The van der Waals surface area contributed by atoms with E-state index in [9.17, 15) is 13.2 Å². The molecule has 0 spiro atoms. The number of piperidine rings is 1. The molecular formula is C18H17ClN4O4S2. The van der Waals surface area contributed by atoms with E-state index in [1.54, 1.807) is 41.8 Å². The van der Waals surface area contributed by atoms with Crippen LogP contribution in [-0.4, -0.2) is 41.9 Å². The number of thiophene rings is 1. The maximum absolute atomic E-state index is 12.6. The fourth-order valence-corrected chi connectivity index (χ4v) is 5.83. The largest absolute Gasteiger partial charge is 0.403 e. The van der Waals surface area contributed by atoms with Crippen LogP contribution in [0.15, 0.2) is 50.4 Å². The van der Waals surface area contributed by atoms with E-state index in [1.807, 2.05) is 0 Å². The molecule has 1 aromatic carbocycles. The molecule has 1 amide bonds. The Morgan fingerprint density at radius 3 is 2.55 bits per heavy atom. The van der Waals surface area contributed by atoms with Crippen molar-refractivity contribution in [2.45, 2.75) is 17.1 Å². The van der Waals surface area contributed by atoms with Crippen LogP contribution < -0.4 is 5.32 Å². The molecule has 1 aliphatic rings. The van der Waals surface area contributed by atoms with Crippen molar-refractivity contribution < 1.29 is 17.6 Å². The highest BCUT2D eigenvalue weighted by Crippen LogP contribution is 2.27. The third-order valence-electron chi connectivity index (χ3n) is 4.66. The summed E-state index contributed by atoms with van der Waals surface area (Å²) in [7, 11) is -3.49. The highest BCUT2D eigenvalue weighted by Gasteiger charge is 2.33. The van der Waals surface area contributed by atoms with E-state index in [0.717, 1.165) is 0 Å². The number of hydrogen-bond donors (Lipinski definition) is 1. The molecule has 0 atom stereocenters. The minimum atomic E-state index is -3.49. The molecule has 3 aromatic rings. The number of hydrogen-bond acceptors (Lipinski definition) is 7. The molecule has 1 saturated heterocycles. The van der Waals surface area contributed by atoms with Crippen molar-refractivity contribution in [2.24, 2.45) is 5.92 Å². The maximum atomic E-state index is 12.6. The van der Waals surface area contributed by atoms with Gasteiger partial charge in [-0.15, -0.1) is 16.4 Å². The average Bonchev–Trinajstić information content (AvgIpc) is 3.41. The second kappa shape index (κ2) is 8.23. The Kier molecular flexibility index (Phi) is 5.68. The molecule has 29 heavy (non-hydrogen) atoms. The van der Waals surface area contributed by atoms with Gasteiger partial charge in [0.2, 0.25) is 11.8 Å². The molecule has 2 aromatic heterocycles. The van der Waals surface area contributed by atoms with Crippen LogP contribution in [-0.2, 0) is 14.8 Å². The molecule has 8 nitrogen and oxygen atoms in total.